The van der Waals surface area contributed by atoms with E-state index in [-0.39, 0.29) is 30.1 Å². The van der Waals surface area contributed by atoms with E-state index < -0.39 is 0 Å². The van der Waals surface area contributed by atoms with Crippen molar-refractivity contribution in [2.24, 2.45) is 7.05 Å². The number of β-amino-alcohol motifs (C(OH)–C–C–N with tert-alkyl or cyclic N) is 1. The highest BCUT2D eigenvalue weighted by atomic mass is 35.5. The summed E-state index contributed by atoms with van der Waals surface area (Å²) in [6.07, 6.45) is 5.13. The number of aliphatic hydroxyl groups is 1. The van der Waals surface area contributed by atoms with Crippen molar-refractivity contribution in [1.29, 1.82) is 0 Å². The lowest BCUT2D eigenvalue weighted by Crippen LogP contribution is -2.23. The van der Waals surface area contributed by atoms with E-state index in [1.54, 1.807) is 23.1 Å². The van der Waals surface area contributed by atoms with Gasteiger partial charge in [-0.3, -0.25) is 14.5 Å². The van der Waals surface area contributed by atoms with Crippen LogP contribution >= 0.6 is 12.4 Å². The molecule has 0 radical (unpaired) electrons. The lowest BCUT2D eigenvalue weighted by Gasteiger charge is -2.22. The van der Waals surface area contributed by atoms with Crippen molar-refractivity contribution < 1.29 is 14.3 Å². The van der Waals surface area contributed by atoms with E-state index >= 15 is 0 Å². The maximum absolute atomic E-state index is 13.0. The van der Waals surface area contributed by atoms with Crippen LogP contribution in [0.5, 0.6) is 0 Å². The Morgan fingerprint density at radius 2 is 2.16 bits per heavy atom. The third-order valence-electron chi connectivity index (χ3n) is 5.50. The molecule has 1 atom stereocenters. The van der Waals surface area contributed by atoms with Crippen LogP contribution in [0.1, 0.15) is 22.6 Å². The minimum absolute atomic E-state index is 0. The van der Waals surface area contributed by atoms with Crippen molar-refractivity contribution in [2.45, 2.75) is 19.4 Å². The third kappa shape index (κ3) is 4.04. The minimum atomic E-state index is -0.380. The number of carbonyl (C=O) groups is 1. The van der Waals surface area contributed by atoms with Crippen LogP contribution in [0.4, 0.5) is 11.4 Å². The number of hydrogen-bond acceptors (Lipinski definition) is 7. The quantitative estimate of drug-likeness (QED) is 0.487. The van der Waals surface area contributed by atoms with Crippen molar-refractivity contribution in [3.8, 4) is 11.5 Å². The van der Waals surface area contributed by atoms with Gasteiger partial charge in [0.05, 0.1) is 29.2 Å². The molecule has 0 spiro atoms. The number of aryl methyl sites for hydroxylation is 2. The SMILES string of the molecule is Cc1cc(-c2nc(C(=O)Nc3cc4c(cnn4C)cc3N3CC[C@H](O)C3)co2)ccn1.Cl. The number of aliphatic hydroxyl groups excluding tert-OH is 1. The topological polar surface area (TPSA) is 109 Å². The zero-order valence-corrected chi connectivity index (χ0v) is 18.5. The Hall–Kier alpha value is -3.43. The van der Waals surface area contributed by atoms with Gasteiger partial charge in [-0.15, -0.1) is 12.4 Å². The number of benzene rings is 1. The normalized spacial score (nSPS) is 15.7. The zero-order valence-electron chi connectivity index (χ0n) is 17.6. The van der Waals surface area contributed by atoms with Crippen LogP contribution < -0.4 is 10.2 Å². The number of anilines is 2. The number of carbonyl (C=O) groups excluding carboxylic acids is 1. The van der Waals surface area contributed by atoms with Gasteiger partial charge in [-0.05, 0) is 37.6 Å². The first-order chi connectivity index (χ1) is 15.0. The summed E-state index contributed by atoms with van der Waals surface area (Å²) < 4.78 is 7.29. The number of pyridine rings is 1. The van der Waals surface area contributed by atoms with Gasteiger partial charge in [-0.2, -0.15) is 5.10 Å². The second-order valence-corrected chi connectivity index (χ2v) is 7.76. The summed E-state index contributed by atoms with van der Waals surface area (Å²) in [5, 5.41) is 18.2. The number of nitrogens with zero attached hydrogens (tertiary/aromatic N) is 5. The van der Waals surface area contributed by atoms with Gasteiger partial charge >= 0.3 is 0 Å². The molecular formula is C22H23ClN6O3. The lowest BCUT2D eigenvalue weighted by atomic mass is 10.1. The molecule has 166 valence electrons. The number of nitrogens with one attached hydrogen (secondary N) is 1. The molecule has 1 aliphatic rings. The lowest BCUT2D eigenvalue weighted by molar-refractivity contribution is 0.102. The van der Waals surface area contributed by atoms with Crippen LogP contribution in [0.15, 0.2) is 47.3 Å². The smallest absolute Gasteiger partial charge is 0.277 e. The zero-order chi connectivity index (χ0) is 21.5. The third-order valence-corrected chi connectivity index (χ3v) is 5.50. The fourth-order valence-electron chi connectivity index (χ4n) is 3.89. The molecule has 2 N–H and O–H groups in total. The van der Waals surface area contributed by atoms with Crippen molar-refractivity contribution >= 4 is 40.6 Å². The second kappa shape index (κ2) is 8.60. The molecule has 0 bridgehead atoms. The van der Waals surface area contributed by atoms with Crippen LogP contribution in [0.2, 0.25) is 0 Å². The molecule has 0 saturated carbocycles. The fourth-order valence-corrected chi connectivity index (χ4v) is 3.89. The Bertz CT molecular complexity index is 1280. The number of oxazole rings is 1. The van der Waals surface area contributed by atoms with Gasteiger partial charge in [0.2, 0.25) is 5.89 Å². The molecule has 0 unspecified atom stereocenters. The Balaban J connectivity index is 0.00000245. The van der Waals surface area contributed by atoms with Crippen LogP contribution in [-0.2, 0) is 7.05 Å². The van der Waals surface area contributed by atoms with Gasteiger partial charge in [-0.1, -0.05) is 0 Å². The highest BCUT2D eigenvalue weighted by molar-refractivity contribution is 6.06. The molecule has 9 nitrogen and oxygen atoms in total. The summed E-state index contributed by atoms with van der Waals surface area (Å²) in [6.45, 7) is 3.11. The predicted octanol–water partition coefficient (Wildman–Crippen LogP) is 3.18. The average molecular weight is 455 g/mol. The molecule has 32 heavy (non-hydrogen) atoms. The molecule has 1 aliphatic heterocycles. The van der Waals surface area contributed by atoms with Crippen LogP contribution in [0, 0.1) is 6.92 Å². The maximum atomic E-state index is 13.0. The molecule has 1 amide bonds. The van der Waals surface area contributed by atoms with E-state index in [2.05, 4.69) is 25.3 Å². The van der Waals surface area contributed by atoms with Gasteiger partial charge in [-0.25, -0.2) is 4.98 Å². The van der Waals surface area contributed by atoms with Gasteiger partial charge < -0.3 is 19.7 Å². The molecule has 5 rings (SSSR count). The summed E-state index contributed by atoms with van der Waals surface area (Å²) in [7, 11) is 1.85. The van der Waals surface area contributed by atoms with Gasteiger partial charge in [0.1, 0.15) is 6.26 Å². The molecule has 1 aromatic carbocycles. The summed E-state index contributed by atoms with van der Waals surface area (Å²) in [5.74, 6) is -0.0103. The molecule has 3 aromatic heterocycles. The van der Waals surface area contributed by atoms with E-state index in [1.807, 2.05) is 32.2 Å². The van der Waals surface area contributed by atoms with Gasteiger partial charge in [0, 0.05) is 43.0 Å². The molecule has 4 aromatic rings. The molecular weight excluding hydrogens is 432 g/mol. The van der Waals surface area contributed by atoms with E-state index in [0.29, 0.717) is 31.1 Å². The van der Waals surface area contributed by atoms with E-state index in [0.717, 1.165) is 27.8 Å². The molecule has 1 saturated heterocycles. The highest BCUT2D eigenvalue weighted by Crippen LogP contribution is 2.34. The molecule has 0 aliphatic carbocycles. The number of aromatic nitrogens is 4. The van der Waals surface area contributed by atoms with Crippen LogP contribution in [0.25, 0.3) is 22.4 Å². The number of amides is 1. The molecule has 10 heteroatoms. The first-order valence-electron chi connectivity index (χ1n) is 10.1. The van der Waals surface area contributed by atoms with E-state index in [9.17, 15) is 9.90 Å². The van der Waals surface area contributed by atoms with Gasteiger partial charge in [0.15, 0.2) is 5.69 Å². The number of fused-ring (bicyclic) bond motifs is 1. The first kappa shape index (κ1) is 21.8. The minimum Gasteiger partial charge on any atom is -0.444 e. The summed E-state index contributed by atoms with van der Waals surface area (Å²) in [5.41, 5.74) is 4.16. The summed E-state index contributed by atoms with van der Waals surface area (Å²) in [4.78, 5) is 23.6. The second-order valence-electron chi connectivity index (χ2n) is 7.76. The Morgan fingerprint density at radius 1 is 1.31 bits per heavy atom. The fraction of sp³-hybridized carbons (Fsp3) is 0.273. The van der Waals surface area contributed by atoms with Crippen molar-refractivity contribution in [2.75, 3.05) is 23.3 Å². The molecule has 4 heterocycles. The van der Waals surface area contributed by atoms with Crippen molar-refractivity contribution in [3.05, 3.63) is 54.3 Å². The molecule has 1 fully saturated rings. The Labute approximate surface area is 190 Å². The van der Waals surface area contributed by atoms with Crippen molar-refractivity contribution in [3.63, 3.8) is 0 Å². The Kier molecular flexibility index (Phi) is 5.86. The standard InChI is InChI=1S/C22H22N6O3.ClH/c1-13-7-14(3-5-23-13)22-26-18(12-31-22)21(30)25-17-9-19-15(10-24-27(19)2)8-20(17)28-6-4-16(29)11-28;/h3,5,7-10,12,16,29H,4,6,11H2,1-2H3,(H,25,30);1H/t16-;/m0./s1. The summed E-state index contributed by atoms with van der Waals surface area (Å²) in [6, 6.07) is 7.52. The van der Waals surface area contributed by atoms with E-state index in [4.69, 9.17) is 4.42 Å². The predicted molar refractivity (Wildman–Crippen MR) is 123 cm³/mol. The first-order valence-corrected chi connectivity index (χ1v) is 10.1. The summed E-state index contributed by atoms with van der Waals surface area (Å²) >= 11 is 0. The highest BCUT2D eigenvalue weighted by Gasteiger charge is 2.25. The number of halogens is 1. The largest absolute Gasteiger partial charge is 0.444 e. The van der Waals surface area contributed by atoms with E-state index in [1.165, 1.54) is 6.26 Å². The van der Waals surface area contributed by atoms with Gasteiger partial charge in [0.25, 0.3) is 5.91 Å². The average Bonchev–Trinajstić information content (AvgIpc) is 3.48. The monoisotopic (exact) mass is 454 g/mol. The van der Waals surface area contributed by atoms with Crippen molar-refractivity contribution in [1.82, 2.24) is 19.7 Å². The Morgan fingerprint density at radius 3 is 2.91 bits per heavy atom. The number of rotatable bonds is 4. The van der Waals surface area contributed by atoms with Crippen LogP contribution in [0.3, 0.4) is 0 Å². The van der Waals surface area contributed by atoms with Crippen LogP contribution in [-0.4, -0.2) is 50.0 Å². The number of hydrogen-bond donors (Lipinski definition) is 2. The maximum Gasteiger partial charge on any atom is 0.277 e.